The molecular weight excluding hydrogens is 408 g/mol. The van der Waals surface area contributed by atoms with Gasteiger partial charge in [0, 0.05) is 10.7 Å². The molecule has 0 aliphatic heterocycles. The van der Waals surface area contributed by atoms with Crippen LogP contribution in [0.3, 0.4) is 0 Å². The predicted molar refractivity (Wildman–Crippen MR) is 83.6 cm³/mol. The zero-order chi connectivity index (χ0) is 15.8. The first-order valence-corrected chi connectivity index (χ1v) is 8.32. The van der Waals surface area contributed by atoms with Crippen LogP contribution in [0.25, 0.3) is 0 Å². The molecule has 10 heteroatoms. The molecule has 0 fully saturated rings. The average molecular weight is 415 g/mol. The number of aromatic nitrogens is 1. The monoisotopic (exact) mass is 413 g/mol. The van der Waals surface area contributed by atoms with Gasteiger partial charge in [-0.2, -0.15) is 0 Å². The number of hydrogen-bond acceptors (Lipinski definition) is 4. The molecule has 0 spiro atoms. The van der Waals surface area contributed by atoms with Crippen molar-refractivity contribution >= 4 is 60.7 Å². The maximum absolute atomic E-state index is 13.3. The van der Waals surface area contributed by atoms with Crippen molar-refractivity contribution in [3.63, 3.8) is 0 Å². The van der Waals surface area contributed by atoms with Gasteiger partial charge in [-0.1, -0.05) is 23.2 Å². The van der Waals surface area contributed by atoms with E-state index in [0.29, 0.717) is 4.47 Å². The number of nitrogen functional groups attached to an aromatic ring is 1. The molecule has 0 aliphatic carbocycles. The maximum atomic E-state index is 13.3. The first-order valence-electron chi connectivity index (χ1n) is 5.29. The highest BCUT2D eigenvalue weighted by Gasteiger charge is 2.20. The summed E-state index contributed by atoms with van der Waals surface area (Å²) >= 11 is 14.3. The fourth-order valence-corrected chi connectivity index (χ4v) is 3.59. The van der Waals surface area contributed by atoms with E-state index < -0.39 is 15.8 Å². The number of nitrogens with two attached hydrogens (primary N) is 1. The molecule has 21 heavy (non-hydrogen) atoms. The van der Waals surface area contributed by atoms with Crippen LogP contribution in [-0.2, 0) is 10.0 Å². The molecule has 2 aromatic rings. The molecule has 2 rings (SSSR count). The number of sulfonamides is 1. The van der Waals surface area contributed by atoms with E-state index in [0.717, 1.165) is 12.1 Å². The van der Waals surface area contributed by atoms with Gasteiger partial charge in [0.1, 0.15) is 10.7 Å². The van der Waals surface area contributed by atoms with Crippen LogP contribution in [-0.4, -0.2) is 13.4 Å². The van der Waals surface area contributed by atoms with Gasteiger partial charge in [-0.05, 0) is 34.1 Å². The van der Waals surface area contributed by atoms with Crippen molar-refractivity contribution < 1.29 is 12.8 Å². The van der Waals surface area contributed by atoms with Crippen molar-refractivity contribution in [2.24, 2.45) is 0 Å². The summed E-state index contributed by atoms with van der Waals surface area (Å²) in [5, 5.41) is -0.610. The summed E-state index contributed by atoms with van der Waals surface area (Å²) in [4.78, 5) is 3.51. The summed E-state index contributed by atoms with van der Waals surface area (Å²) < 4.78 is 40.5. The maximum Gasteiger partial charge on any atom is 0.265 e. The lowest BCUT2D eigenvalue weighted by molar-refractivity contribution is 0.601. The lowest BCUT2D eigenvalue weighted by Crippen LogP contribution is -2.15. The lowest BCUT2D eigenvalue weighted by atomic mass is 10.3. The zero-order valence-electron chi connectivity index (χ0n) is 10.1. The first-order chi connectivity index (χ1) is 9.70. The standard InChI is InChI=1S/C11H7BrCl2FN3O2S/c12-5-1-9(11(16)17-4-5)21(19,20)18-6-2-7(13)10(15)8(14)3-6/h1-4,18H,(H2,16,17). The molecule has 0 atom stereocenters. The van der Waals surface area contributed by atoms with Gasteiger partial charge in [0.15, 0.2) is 5.82 Å². The molecular formula is C11H7BrCl2FN3O2S. The summed E-state index contributed by atoms with van der Waals surface area (Å²) in [6.07, 6.45) is 1.36. The molecule has 1 aromatic heterocycles. The number of rotatable bonds is 3. The molecule has 0 saturated carbocycles. The Kier molecular flexibility index (Phi) is 4.62. The van der Waals surface area contributed by atoms with E-state index in [2.05, 4.69) is 25.6 Å². The van der Waals surface area contributed by atoms with E-state index in [1.807, 2.05) is 0 Å². The van der Waals surface area contributed by atoms with Crippen LogP contribution < -0.4 is 10.5 Å². The zero-order valence-corrected chi connectivity index (χ0v) is 14.0. The molecule has 0 radical (unpaired) electrons. The predicted octanol–water partition coefficient (Wildman–Crippen LogP) is 3.67. The third kappa shape index (κ3) is 3.57. The van der Waals surface area contributed by atoms with Gasteiger partial charge in [0.25, 0.3) is 10.0 Å². The number of benzene rings is 1. The number of nitrogens with zero attached hydrogens (tertiary/aromatic N) is 1. The second-order valence-electron chi connectivity index (χ2n) is 3.90. The van der Waals surface area contributed by atoms with Crippen molar-refractivity contribution in [2.45, 2.75) is 4.90 Å². The Morgan fingerprint density at radius 2 is 1.81 bits per heavy atom. The van der Waals surface area contributed by atoms with E-state index in [9.17, 15) is 12.8 Å². The van der Waals surface area contributed by atoms with Crippen molar-refractivity contribution in [1.29, 1.82) is 0 Å². The van der Waals surface area contributed by atoms with Crippen molar-refractivity contribution in [1.82, 2.24) is 4.98 Å². The highest BCUT2D eigenvalue weighted by atomic mass is 79.9. The summed E-state index contributed by atoms with van der Waals surface area (Å²) in [5.41, 5.74) is 5.56. The Hall–Kier alpha value is -1.09. The second-order valence-corrected chi connectivity index (χ2v) is 7.28. The summed E-state index contributed by atoms with van der Waals surface area (Å²) in [5.74, 6) is -1.00. The third-order valence-corrected chi connectivity index (χ3v) is 4.77. The Bertz CT molecular complexity index is 794. The number of anilines is 2. The third-order valence-electron chi connectivity index (χ3n) is 2.37. The average Bonchev–Trinajstić information content (AvgIpc) is 2.38. The molecule has 0 aliphatic rings. The molecule has 0 bridgehead atoms. The Morgan fingerprint density at radius 3 is 2.38 bits per heavy atom. The van der Waals surface area contributed by atoms with Gasteiger partial charge >= 0.3 is 0 Å². The minimum Gasteiger partial charge on any atom is -0.383 e. The van der Waals surface area contributed by atoms with E-state index in [-0.39, 0.29) is 26.4 Å². The lowest BCUT2D eigenvalue weighted by Gasteiger charge is -2.11. The minimum atomic E-state index is -4.02. The quantitative estimate of drug-likeness (QED) is 0.750. The molecule has 112 valence electrons. The van der Waals surface area contributed by atoms with E-state index in [1.54, 1.807) is 0 Å². The van der Waals surface area contributed by atoms with E-state index in [4.69, 9.17) is 28.9 Å². The van der Waals surface area contributed by atoms with Gasteiger partial charge in [-0.25, -0.2) is 17.8 Å². The molecule has 5 nitrogen and oxygen atoms in total. The number of halogens is 4. The highest BCUT2D eigenvalue weighted by molar-refractivity contribution is 9.10. The van der Waals surface area contributed by atoms with Crippen LogP contribution in [0.5, 0.6) is 0 Å². The molecule has 0 unspecified atom stereocenters. The van der Waals surface area contributed by atoms with Crippen LogP contribution in [0, 0.1) is 5.82 Å². The Morgan fingerprint density at radius 1 is 1.24 bits per heavy atom. The van der Waals surface area contributed by atoms with Crippen LogP contribution in [0.4, 0.5) is 15.9 Å². The van der Waals surface area contributed by atoms with E-state index >= 15 is 0 Å². The summed E-state index contributed by atoms with van der Waals surface area (Å²) in [6, 6.07) is 3.49. The summed E-state index contributed by atoms with van der Waals surface area (Å²) in [6.45, 7) is 0. The Balaban J connectivity index is 2.45. The summed E-state index contributed by atoms with van der Waals surface area (Å²) in [7, 11) is -4.02. The topological polar surface area (TPSA) is 85.1 Å². The normalized spacial score (nSPS) is 11.4. The minimum absolute atomic E-state index is 0.00535. The fraction of sp³-hybridized carbons (Fsp3) is 0. The fourth-order valence-electron chi connectivity index (χ4n) is 1.47. The van der Waals surface area contributed by atoms with Gasteiger partial charge in [-0.3, -0.25) is 4.72 Å². The van der Waals surface area contributed by atoms with E-state index in [1.165, 1.54) is 12.3 Å². The van der Waals surface area contributed by atoms with Crippen LogP contribution >= 0.6 is 39.1 Å². The van der Waals surface area contributed by atoms with Gasteiger partial charge in [0.05, 0.1) is 15.7 Å². The number of hydrogen-bond donors (Lipinski definition) is 2. The van der Waals surface area contributed by atoms with Crippen molar-refractivity contribution in [3.8, 4) is 0 Å². The van der Waals surface area contributed by atoms with Crippen LogP contribution in [0.15, 0.2) is 33.8 Å². The SMILES string of the molecule is Nc1ncc(Br)cc1S(=O)(=O)Nc1cc(Cl)c(F)c(Cl)c1. The first kappa shape index (κ1) is 16.3. The largest absolute Gasteiger partial charge is 0.383 e. The molecule has 0 amide bonds. The Labute approximate surface area is 138 Å². The van der Waals surface area contributed by atoms with Gasteiger partial charge in [0.2, 0.25) is 0 Å². The number of nitrogens with one attached hydrogen (secondary N) is 1. The van der Waals surface area contributed by atoms with Crippen LogP contribution in [0.1, 0.15) is 0 Å². The van der Waals surface area contributed by atoms with Gasteiger partial charge < -0.3 is 5.73 Å². The van der Waals surface area contributed by atoms with Crippen molar-refractivity contribution in [2.75, 3.05) is 10.5 Å². The van der Waals surface area contributed by atoms with Crippen LogP contribution in [0.2, 0.25) is 10.0 Å². The van der Waals surface area contributed by atoms with Gasteiger partial charge in [-0.15, -0.1) is 0 Å². The molecule has 1 heterocycles. The highest BCUT2D eigenvalue weighted by Crippen LogP contribution is 2.29. The second kappa shape index (κ2) is 5.96. The number of pyridine rings is 1. The smallest absolute Gasteiger partial charge is 0.265 e. The van der Waals surface area contributed by atoms with Crippen molar-refractivity contribution in [3.05, 3.63) is 44.7 Å². The molecule has 1 aromatic carbocycles. The molecule has 3 N–H and O–H groups in total. The molecule has 0 saturated heterocycles.